The average Bonchev–Trinajstić information content (AvgIpc) is 2.58. The first-order valence-corrected chi connectivity index (χ1v) is 8.53. The summed E-state index contributed by atoms with van der Waals surface area (Å²) in [6.45, 7) is 8.89. The molecular formula is C18H32N4O. The highest BCUT2D eigenvalue weighted by atomic mass is 16.5. The summed E-state index contributed by atoms with van der Waals surface area (Å²) >= 11 is 0. The van der Waals surface area contributed by atoms with E-state index >= 15 is 0 Å². The number of nitrogens with zero attached hydrogens (tertiary/aromatic N) is 2. The summed E-state index contributed by atoms with van der Waals surface area (Å²) in [7, 11) is 3.84. The highest BCUT2D eigenvalue weighted by molar-refractivity contribution is 5.79. The second-order valence-electron chi connectivity index (χ2n) is 5.63. The number of rotatable bonds is 10. The number of unbranched alkanes of at least 4 members (excludes halogenated alkanes) is 1. The van der Waals surface area contributed by atoms with Crippen molar-refractivity contribution in [3.63, 3.8) is 0 Å². The molecule has 2 N–H and O–H groups in total. The predicted molar refractivity (Wildman–Crippen MR) is 98.2 cm³/mol. The van der Waals surface area contributed by atoms with Gasteiger partial charge in [-0.2, -0.15) is 0 Å². The lowest BCUT2D eigenvalue weighted by Gasteiger charge is -2.17. The van der Waals surface area contributed by atoms with Crippen molar-refractivity contribution >= 4 is 5.96 Å². The molecular weight excluding hydrogens is 288 g/mol. The summed E-state index contributed by atoms with van der Waals surface area (Å²) in [5.74, 6) is 1.74. The number of ether oxygens (including phenoxy) is 1. The zero-order valence-corrected chi connectivity index (χ0v) is 15.1. The van der Waals surface area contributed by atoms with Crippen LogP contribution >= 0.6 is 0 Å². The maximum absolute atomic E-state index is 5.17. The van der Waals surface area contributed by atoms with Crippen LogP contribution < -0.4 is 15.4 Å². The lowest BCUT2D eigenvalue weighted by molar-refractivity contribution is 0.332. The third kappa shape index (κ3) is 8.45. The molecule has 0 unspecified atom stereocenters. The molecule has 0 saturated carbocycles. The molecule has 5 nitrogen and oxygen atoms in total. The van der Waals surface area contributed by atoms with E-state index in [1.807, 2.05) is 24.3 Å². The van der Waals surface area contributed by atoms with Crippen LogP contribution in [0.25, 0.3) is 0 Å². The molecule has 1 rings (SSSR count). The van der Waals surface area contributed by atoms with Crippen molar-refractivity contribution in [2.24, 2.45) is 4.99 Å². The van der Waals surface area contributed by atoms with Crippen LogP contribution in [0.15, 0.2) is 29.3 Å². The minimum atomic E-state index is 0.658. The average molecular weight is 320 g/mol. The number of guanidine groups is 1. The van der Waals surface area contributed by atoms with Gasteiger partial charge in [0.05, 0.1) is 13.7 Å². The van der Waals surface area contributed by atoms with Crippen LogP contribution in [0.5, 0.6) is 5.75 Å². The zero-order chi connectivity index (χ0) is 16.9. The fraction of sp³-hybridized carbons (Fsp3) is 0.611. The molecule has 0 aromatic heterocycles. The summed E-state index contributed by atoms with van der Waals surface area (Å²) in [4.78, 5) is 6.98. The molecule has 130 valence electrons. The fourth-order valence-corrected chi connectivity index (χ4v) is 2.15. The number of likely N-dealkylation sites (N-methyl/N-ethyl adjacent to an activating group) is 1. The first kappa shape index (κ1) is 19.3. The maximum atomic E-state index is 5.17. The molecule has 0 aliphatic heterocycles. The third-order valence-electron chi connectivity index (χ3n) is 3.60. The van der Waals surface area contributed by atoms with Crippen molar-refractivity contribution in [3.05, 3.63) is 29.8 Å². The highest BCUT2D eigenvalue weighted by Gasteiger charge is 2.00. The molecule has 0 spiro atoms. The molecule has 0 atom stereocenters. The SMILES string of the molecule is CCCCN(C)CCNC(=NCc1ccc(OC)cc1)NCC. The van der Waals surface area contributed by atoms with Gasteiger partial charge in [-0.1, -0.05) is 25.5 Å². The summed E-state index contributed by atoms with van der Waals surface area (Å²) < 4.78 is 5.17. The summed E-state index contributed by atoms with van der Waals surface area (Å²) in [5.41, 5.74) is 1.17. The van der Waals surface area contributed by atoms with E-state index in [2.05, 4.69) is 41.4 Å². The van der Waals surface area contributed by atoms with Crippen LogP contribution in [-0.4, -0.2) is 51.2 Å². The van der Waals surface area contributed by atoms with Crippen molar-refractivity contribution in [1.82, 2.24) is 15.5 Å². The number of hydrogen-bond donors (Lipinski definition) is 2. The van der Waals surface area contributed by atoms with Gasteiger partial charge in [-0.25, -0.2) is 4.99 Å². The van der Waals surface area contributed by atoms with E-state index in [1.165, 1.54) is 18.4 Å². The third-order valence-corrected chi connectivity index (χ3v) is 3.60. The minimum Gasteiger partial charge on any atom is -0.497 e. The molecule has 0 aliphatic rings. The lowest BCUT2D eigenvalue weighted by atomic mass is 10.2. The second-order valence-corrected chi connectivity index (χ2v) is 5.63. The Bertz CT molecular complexity index is 445. The van der Waals surface area contributed by atoms with Crippen molar-refractivity contribution in [3.8, 4) is 5.75 Å². The Kier molecular flexibility index (Phi) is 9.87. The molecule has 23 heavy (non-hydrogen) atoms. The standard InChI is InChI=1S/C18H32N4O/c1-5-7-13-22(3)14-12-20-18(19-6-2)21-15-16-8-10-17(23-4)11-9-16/h8-11H,5-7,12-15H2,1-4H3,(H2,19,20,21). The van der Waals surface area contributed by atoms with Gasteiger partial charge in [0.2, 0.25) is 0 Å². The Labute approximate surface area is 141 Å². The van der Waals surface area contributed by atoms with Gasteiger partial charge in [0.25, 0.3) is 0 Å². The van der Waals surface area contributed by atoms with E-state index in [-0.39, 0.29) is 0 Å². The van der Waals surface area contributed by atoms with Crippen LogP contribution in [0.1, 0.15) is 32.3 Å². The van der Waals surface area contributed by atoms with E-state index in [0.29, 0.717) is 6.54 Å². The van der Waals surface area contributed by atoms with Gasteiger partial charge in [0.15, 0.2) is 5.96 Å². The smallest absolute Gasteiger partial charge is 0.191 e. The van der Waals surface area contributed by atoms with E-state index in [9.17, 15) is 0 Å². The van der Waals surface area contributed by atoms with Crippen LogP contribution in [0.2, 0.25) is 0 Å². The van der Waals surface area contributed by atoms with E-state index in [0.717, 1.165) is 37.9 Å². The van der Waals surface area contributed by atoms with Gasteiger partial charge in [-0.3, -0.25) is 0 Å². The fourth-order valence-electron chi connectivity index (χ4n) is 2.15. The van der Waals surface area contributed by atoms with Crippen molar-refractivity contribution in [2.75, 3.05) is 40.3 Å². The monoisotopic (exact) mass is 320 g/mol. The molecule has 1 aromatic carbocycles. The summed E-state index contributed by atoms with van der Waals surface area (Å²) in [6, 6.07) is 8.02. The zero-order valence-electron chi connectivity index (χ0n) is 15.1. The molecule has 1 aromatic rings. The minimum absolute atomic E-state index is 0.658. The topological polar surface area (TPSA) is 48.9 Å². The number of nitrogens with one attached hydrogen (secondary N) is 2. The van der Waals surface area contributed by atoms with Gasteiger partial charge in [-0.05, 0) is 44.6 Å². The van der Waals surface area contributed by atoms with E-state index < -0.39 is 0 Å². The molecule has 5 heteroatoms. The quantitative estimate of drug-likeness (QED) is 0.514. The maximum Gasteiger partial charge on any atom is 0.191 e. The molecule has 0 fully saturated rings. The molecule has 0 saturated heterocycles. The van der Waals surface area contributed by atoms with Crippen LogP contribution in [0.4, 0.5) is 0 Å². The first-order valence-electron chi connectivity index (χ1n) is 8.53. The van der Waals surface area contributed by atoms with Crippen molar-refractivity contribution < 1.29 is 4.74 Å². The lowest BCUT2D eigenvalue weighted by Crippen LogP contribution is -2.41. The molecule has 0 amide bonds. The highest BCUT2D eigenvalue weighted by Crippen LogP contribution is 2.11. The Morgan fingerprint density at radius 2 is 1.87 bits per heavy atom. The predicted octanol–water partition coefficient (Wildman–Crippen LogP) is 2.48. The van der Waals surface area contributed by atoms with E-state index in [4.69, 9.17) is 4.74 Å². The Hall–Kier alpha value is -1.75. The Morgan fingerprint density at radius 1 is 1.13 bits per heavy atom. The molecule has 0 radical (unpaired) electrons. The normalized spacial score (nSPS) is 11.6. The second kappa shape index (κ2) is 11.8. The van der Waals surface area contributed by atoms with Crippen molar-refractivity contribution in [1.29, 1.82) is 0 Å². The largest absolute Gasteiger partial charge is 0.497 e. The number of methoxy groups -OCH3 is 1. The number of benzene rings is 1. The van der Waals surface area contributed by atoms with Gasteiger partial charge in [0.1, 0.15) is 5.75 Å². The Balaban J connectivity index is 2.42. The first-order chi connectivity index (χ1) is 11.2. The van der Waals surface area contributed by atoms with Gasteiger partial charge < -0.3 is 20.3 Å². The Morgan fingerprint density at radius 3 is 2.48 bits per heavy atom. The number of hydrogen-bond acceptors (Lipinski definition) is 3. The van der Waals surface area contributed by atoms with Crippen LogP contribution in [0, 0.1) is 0 Å². The van der Waals surface area contributed by atoms with Gasteiger partial charge in [0, 0.05) is 19.6 Å². The number of aliphatic imine (C=N–C) groups is 1. The van der Waals surface area contributed by atoms with Crippen LogP contribution in [0.3, 0.4) is 0 Å². The molecule has 0 bridgehead atoms. The van der Waals surface area contributed by atoms with Crippen LogP contribution in [-0.2, 0) is 6.54 Å². The molecule has 0 heterocycles. The summed E-state index contributed by atoms with van der Waals surface area (Å²) in [6.07, 6.45) is 2.49. The van der Waals surface area contributed by atoms with Gasteiger partial charge >= 0.3 is 0 Å². The summed E-state index contributed by atoms with van der Waals surface area (Å²) in [5, 5.41) is 6.68. The molecule has 0 aliphatic carbocycles. The van der Waals surface area contributed by atoms with Crippen molar-refractivity contribution in [2.45, 2.75) is 33.2 Å². The van der Waals surface area contributed by atoms with Gasteiger partial charge in [-0.15, -0.1) is 0 Å². The van der Waals surface area contributed by atoms with E-state index in [1.54, 1.807) is 7.11 Å².